The summed E-state index contributed by atoms with van der Waals surface area (Å²) < 4.78 is 0. The van der Waals surface area contributed by atoms with Crippen molar-refractivity contribution in [3.05, 3.63) is 0 Å². The standard InChI is InChI=1S/Al.Fe.K.Mg.Na.H4O4Si.H2O.7H/c;;;;;1-5(2,3)4;;;;;;;;/h;;;;;1-4H;1H2;;;;;;;/q;;+1;+2;+1;;;;;;4*-1. The first-order valence-corrected chi connectivity index (χ1v) is 2.68. The monoisotopic (exact) mass is 290 g/mol. The van der Waals surface area contributed by atoms with Crippen molar-refractivity contribution in [3.8, 4) is 0 Å². The van der Waals surface area contributed by atoms with E-state index in [1.54, 1.807) is 0 Å². The van der Waals surface area contributed by atoms with Crippen LogP contribution >= 0.6 is 0 Å². The molecule has 0 radical (unpaired) electrons. The molecular weight excluding hydrogens is 277 g/mol. The Morgan fingerprint density at radius 1 is 1.00 bits per heavy atom. The van der Waals surface area contributed by atoms with Gasteiger partial charge in [-0.2, -0.15) is 0 Å². The van der Waals surface area contributed by atoms with Gasteiger partial charge in [-0.3, -0.25) is 0 Å². The fourth-order valence-electron chi connectivity index (χ4n) is 0. The fraction of sp³-hybridized carbons (Fsp3) is 0. The molecule has 62 valence electrons. The Bertz CT molecular complexity index is 54.5. The van der Waals surface area contributed by atoms with Crippen LogP contribution in [0.5, 0.6) is 0 Å². The second kappa shape index (κ2) is 24.0. The third-order valence-electron chi connectivity index (χ3n) is 0. The second-order valence-electron chi connectivity index (χ2n) is 0.600. The molecule has 0 aliphatic heterocycles. The first-order chi connectivity index (χ1) is 2.00. The van der Waals surface area contributed by atoms with Gasteiger partial charge in [-0.05, 0) is 0 Å². The fourth-order valence-corrected chi connectivity index (χ4v) is 0. The SMILES string of the molecule is O.O[Si](O)(O)O.[AlH3].[Fe].[H-].[H-].[H-].[H-].[K+].[Mg+2].[Na+]. The maximum absolute atomic E-state index is 7.33. The van der Waals surface area contributed by atoms with Crippen LogP contribution in [0.15, 0.2) is 0 Å². The summed E-state index contributed by atoms with van der Waals surface area (Å²) in [6.45, 7) is 0. The van der Waals surface area contributed by atoms with E-state index in [4.69, 9.17) is 19.2 Å². The Hall–Kier alpha value is 4.47. The normalized spacial score (nSPS) is 5.45. The quantitative estimate of drug-likeness (QED) is 0.332. The van der Waals surface area contributed by atoms with Gasteiger partial charge in [0.25, 0.3) is 0 Å². The molecule has 0 heterocycles. The molecule has 0 saturated carbocycles. The smallest absolute Gasteiger partial charge is 1.00 e. The number of hydrogen-bond acceptors (Lipinski definition) is 4. The van der Waals surface area contributed by atoms with E-state index >= 15 is 0 Å². The third kappa shape index (κ3) is 113. The molecule has 6 N–H and O–H groups in total. The van der Waals surface area contributed by atoms with Gasteiger partial charge in [0, 0.05) is 17.1 Å². The molecule has 0 rings (SSSR count). The Morgan fingerprint density at radius 2 is 1.00 bits per heavy atom. The molecule has 11 heavy (non-hydrogen) atoms. The average Bonchev–Trinajstić information content (AvgIpc) is 0.722. The predicted molar refractivity (Wildman–Crippen MR) is 38.4 cm³/mol. The van der Waals surface area contributed by atoms with Crippen LogP contribution in [-0.4, -0.2) is 74.1 Å². The van der Waals surface area contributed by atoms with Gasteiger partial charge in [0.1, 0.15) is 0 Å². The Morgan fingerprint density at radius 3 is 1.00 bits per heavy atom. The second-order valence-corrected chi connectivity index (χ2v) is 1.80. The van der Waals surface area contributed by atoms with E-state index in [2.05, 4.69) is 0 Å². The molecule has 0 atom stereocenters. The molecule has 0 unspecified atom stereocenters. The third-order valence-corrected chi connectivity index (χ3v) is 0. The van der Waals surface area contributed by atoms with E-state index in [0.717, 1.165) is 0 Å². The predicted octanol–water partition coefficient (Wildman–Crippen LogP) is -10.5. The van der Waals surface area contributed by atoms with E-state index in [0.29, 0.717) is 0 Å². The van der Waals surface area contributed by atoms with Crippen molar-refractivity contribution in [2.45, 2.75) is 0 Å². The summed E-state index contributed by atoms with van der Waals surface area (Å²) in [5, 5.41) is 0. The van der Waals surface area contributed by atoms with Crippen LogP contribution in [0.25, 0.3) is 0 Å². The molecule has 0 aromatic heterocycles. The minimum atomic E-state index is -4.61. The van der Waals surface area contributed by atoms with Gasteiger partial charge in [-0.25, -0.2) is 0 Å². The van der Waals surface area contributed by atoms with Crippen molar-refractivity contribution in [2.75, 3.05) is 0 Å². The zero-order chi connectivity index (χ0) is 4.50. The van der Waals surface area contributed by atoms with Crippen molar-refractivity contribution in [2.24, 2.45) is 0 Å². The summed E-state index contributed by atoms with van der Waals surface area (Å²) in [6.07, 6.45) is 0. The Labute approximate surface area is 174 Å². The van der Waals surface area contributed by atoms with Crippen LogP contribution in [0.2, 0.25) is 0 Å². The van der Waals surface area contributed by atoms with Crippen LogP contribution in [0, 0.1) is 0 Å². The Balaban J connectivity index is -0.00000000178. The number of hydrogen-bond donors (Lipinski definition) is 4. The molecule has 0 aliphatic rings. The van der Waals surface area contributed by atoms with Crippen molar-refractivity contribution in [1.29, 1.82) is 0 Å². The molecule has 0 bridgehead atoms. The van der Waals surface area contributed by atoms with E-state index < -0.39 is 9.05 Å². The molecule has 0 aromatic carbocycles. The van der Waals surface area contributed by atoms with Gasteiger partial charge < -0.3 is 30.4 Å². The summed E-state index contributed by atoms with van der Waals surface area (Å²) in [4.78, 5) is 29.3. The zero-order valence-corrected chi connectivity index (χ0v) is 14.5. The molecular formula is H13AlFeKMgNaO5Si. The Kier molecular flexibility index (Phi) is 98.3. The van der Waals surface area contributed by atoms with Crippen LogP contribution in [0.3, 0.4) is 0 Å². The topological polar surface area (TPSA) is 112 Å². The molecule has 5 nitrogen and oxygen atoms in total. The largest absolute Gasteiger partial charge is 2.00 e. The van der Waals surface area contributed by atoms with Gasteiger partial charge in [-0.1, -0.05) is 0 Å². The number of rotatable bonds is 0. The van der Waals surface area contributed by atoms with Gasteiger partial charge in [-0.15, -0.1) is 0 Å². The molecule has 0 spiro atoms. The molecule has 0 aliphatic carbocycles. The maximum Gasteiger partial charge on any atom is 2.00 e. The first kappa shape index (κ1) is 45.1. The van der Waals surface area contributed by atoms with Gasteiger partial charge in [0.05, 0.1) is 0 Å². The maximum atomic E-state index is 7.33. The van der Waals surface area contributed by atoms with Crippen LogP contribution in [0.1, 0.15) is 5.71 Å². The van der Waals surface area contributed by atoms with E-state index in [-0.39, 0.29) is 150 Å². The summed E-state index contributed by atoms with van der Waals surface area (Å²) in [5.74, 6) is 0. The van der Waals surface area contributed by atoms with Crippen LogP contribution in [-0.2, 0) is 17.1 Å². The first-order valence-electron chi connectivity index (χ1n) is 0.894. The van der Waals surface area contributed by atoms with Gasteiger partial charge in [0.15, 0.2) is 17.4 Å². The average molecular weight is 290 g/mol. The van der Waals surface area contributed by atoms with Crippen molar-refractivity contribution >= 4 is 49.5 Å². The van der Waals surface area contributed by atoms with Crippen molar-refractivity contribution < 1.29 is 128 Å². The van der Waals surface area contributed by atoms with E-state index in [1.807, 2.05) is 0 Å². The van der Waals surface area contributed by atoms with Crippen molar-refractivity contribution in [1.82, 2.24) is 0 Å². The summed E-state index contributed by atoms with van der Waals surface area (Å²) >= 11 is 0. The minimum Gasteiger partial charge on any atom is -1.00 e. The zero-order valence-electron chi connectivity index (χ0n) is 9.85. The summed E-state index contributed by atoms with van der Waals surface area (Å²) in [7, 11) is -4.61. The summed E-state index contributed by atoms with van der Waals surface area (Å²) in [5.41, 5.74) is 0. The van der Waals surface area contributed by atoms with Gasteiger partial charge in [0.2, 0.25) is 0 Å². The summed E-state index contributed by atoms with van der Waals surface area (Å²) in [6, 6.07) is 0. The molecule has 11 heteroatoms. The van der Waals surface area contributed by atoms with Crippen molar-refractivity contribution in [3.63, 3.8) is 0 Å². The van der Waals surface area contributed by atoms with Crippen LogP contribution in [0.4, 0.5) is 0 Å². The van der Waals surface area contributed by atoms with Gasteiger partial charge >= 0.3 is 113 Å². The van der Waals surface area contributed by atoms with E-state index in [1.165, 1.54) is 0 Å². The molecule has 0 aromatic rings. The van der Waals surface area contributed by atoms with E-state index in [9.17, 15) is 0 Å². The molecule has 0 amide bonds. The van der Waals surface area contributed by atoms with Crippen LogP contribution < -0.4 is 80.9 Å². The molecule has 0 saturated heterocycles. The minimum absolute atomic E-state index is 0. The molecule has 0 fully saturated rings.